The number of carbonyl (C=O) groups is 1. The van der Waals surface area contributed by atoms with Crippen LogP contribution in [-0.2, 0) is 12.0 Å². The third kappa shape index (κ3) is 3.34. The number of aromatic nitrogens is 3. The van der Waals surface area contributed by atoms with Crippen molar-refractivity contribution in [1.82, 2.24) is 19.7 Å². The van der Waals surface area contributed by atoms with Gasteiger partial charge in [0.05, 0.1) is 28.5 Å². The molecule has 26 heavy (non-hydrogen) atoms. The summed E-state index contributed by atoms with van der Waals surface area (Å²) in [6.45, 7) is 8.41. The molecule has 0 saturated carbocycles. The highest BCUT2D eigenvalue weighted by atomic mass is 16.2. The summed E-state index contributed by atoms with van der Waals surface area (Å²) in [5.74, 6) is -0.0184. The van der Waals surface area contributed by atoms with Gasteiger partial charge in [0.1, 0.15) is 0 Å². The molecule has 3 aromatic rings. The van der Waals surface area contributed by atoms with E-state index in [4.69, 9.17) is 4.98 Å². The number of fused-ring (bicyclic) bond motifs is 1. The Morgan fingerprint density at radius 2 is 1.92 bits per heavy atom. The van der Waals surface area contributed by atoms with Crippen molar-refractivity contribution >= 4 is 16.8 Å². The molecule has 0 N–H and O–H groups in total. The fraction of sp³-hybridized carbons (Fsp3) is 0.381. The van der Waals surface area contributed by atoms with Gasteiger partial charge in [-0.05, 0) is 51.0 Å². The van der Waals surface area contributed by atoms with E-state index in [1.165, 1.54) is 5.56 Å². The van der Waals surface area contributed by atoms with Crippen LogP contribution in [0.4, 0.5) is 0 Å². The molecule has 1 amide bonds. The Balaban J connectivity index is 2.21. The van der Waals surface area contributed by atoms with Crippen LogP contribution in [0.15, 0.2) is 36.7 Å². The van der Waals surface area contributed by atoms with Gasteiger partial charge in [-0.3, -0.25) is 9.48 Å². The largest absolute Gasteiger partial charge is 0.345 e. The summed E-state index contributed by atoms with van der Waals surface area (Å²) in [5.41, 5.74) is 4.27. The Morgan fingerprint density at radius 3 is 2.50 bits per heavy atom. The van der Waals surface area contributed by atoms with Crippen LogP contribution in [0, 0.1) is 0 Å². The normalized spacial score (nSPS) is 11.8. The molecule has 2 aromatic heterocycles. The van der Waals surface area contributed by atoms with E-state index >= 15 is 0 Å². The number of nitrogens with zero attached hydrogens (tertiary/aromatic N) is 4. The fourth-order valence-corrected chi connectivity index (χ4v) is 2.88. The van der Waals surface area contributed by atoms with Gasteiger partial charge in [0.2, 0.25) is 0 Å². The van der Waals surface area contributed by atoms with Crippen molar-refractivity contribution in [3.05, 3.63) is 47.8 Å². The van der Waals surface area contributed by atoms with E-state index in [1.54, 1.807) is 19.0 Å². The summed E-state index contributed by atoms with van der Waals surface area (Å²) < 4.78 is 1.92. The molecule has 5 nitrogen and oxygen atoms in total. The lowest BCUT2D eigenvalue weighted by Gasteiger charge is -2.18. The lowest BCUT2D eigenvalue weighted by molar-refractivity contribution is 0.0829. The summed E-state index contributed by atoms with van der Waals surface area (Å²) in [5, 5.41) is 5.36. The Hall–Kier alpha value is -2.69. The number of aryl methyl sites for hydroxylation is 1. The van der Waals surface area contributed by atoms with Gasteiger partial charge >= 0.3 is 0 Å². The molecule has 0 fully saturated rings. The summed E-state index contributed by atoms with van der Waals surface area (Å²) in [6, 6.07) is 8.02. The Labute approximate surface area is 154 Å². The molecule has 0 atom stereocenters. The van der Waals surface area contributed by atoms with E-state index in [9.17, 15) is 4.79 Å². The number of hydrogen-bond acceptors (Lipinski definition) is 3. The van der Waals surface area contributed by atoms with Crippen LogP contribution in [0.1, 0.15) is 43.6 Å². The van der Waals surface area contributed by atoms with Gasteiger partial charge in [0.15, 0.2) is 0 Å². The zero-order valence-electron chi connectivity index (χ0n) is 16.4. The predicted octanol–water partition coefficient (Wildman–Crippen LogP) is 4.12. The van der Waals surface area contributed by atoms with E-state index in [1.807, 2.05) is 29.2 Å². The molecule has 0 unspecified atom stereocenters. The predicted molar refractivity (Wildman–Crippen MR) is 105 cm³/mol. The highest BCUT2D eigenvalue weighted by Crippen LogP contribution is 2.27. The molecule has 136 valence electrons. The van der Waals surface area contributed by atoms with E-state index in [0.29, 0.717) is 5.56 Å². The molecule has 0 spiro atoms. The molecule has 2 heterocycles. The van der Waals surface area contributed by atoms with Crippen molar-refractivity contribution in [2.24, 2.45) is 0 Å². The Kier molecular flexibility index (Phi) is 4.57. The molecule has 1 aromatic carbocycles. The lowest BCUT2D eigenvalue weighted by Crippen LogP contribution is -2.22. The molecule has 0 aliphatic rings. The van der Waals surface area contributed by atoms with Crippen molar-refractivity contribution in [2.45, 2.75) is 39.7 Å². The minimum atomic E-state index is -0.104. The van der Waals surface area contributed by atoms with Gasteiger partial charge in [-0.2, -0.15) is 5.10 Å². The van der Waals surface area contributed by atoms with Gasteiger partial charge < -0.3 is 4.90 Å². The van der Waals surface area contributed by atoms with E-state index < -0.39 is 0 Å². The summed E-state index contributed by atoms with van der Waals surface area (Å²) >= 11 is 0. The van der Waals surface area contributed by atoms with Crippen LogP contribution in [0.3, 0.4) is 0 Å². The molecular formula is C21H26N4O. The van der Waals surface area contributed by atoms with E-state index in [0.717, 1.165) is 28.6 Å². The number of amides is 1. The second kappa shape index (κ2) is 6.56. The summed E-state index contributed by atoms with van der Waals surface area (Å²) in [6.07, 6.45) is 4.72. The quantitative estimate of drug-likeness (QED) is 0.714. The molecule has 0 aliphatic heterocycles. The van der Waals surface area contributed by atoms with Gasteiger partial charge in [0, 0.05) is 31.2 Å². The minimum Gasteiger partial charge on any atom is -0.345 e. The SMILES string of the molecule is CCc1ccc2nc(-c3cnn(C(C)(C)C)c3)cc(C(=O)N(C)C)c2c1. The molecule has 0 radical (unpaired) electrons. The molecule has 5 heteroatoms. The second-order valence-electron chi connectivity index (χ2n) is 7.80. The Morgan fingerprint density at radius 1 is 1.19 bits per heavy atom. The van der Waals surface area contributed by atoms with Crippen LogP contribution >= 0.6 is 0 Å². The molecule has 0 saturated heterocycles. The first-order valence-corrected chi connectivity index (χ1v) is 8.91. The highest BCUT2D eigenvalue weighted by molar-refractivity contribution is 6.07. The maximum Gasteiger partial charge on any atom is 0.254 e. The highest BCUT2D eigenvalue weighted by Gasteiger charge is 2.19. The van der Waals surface area contributed by atoms with Crippen molar-refractivity contribution in [3.8, 4) is 11.3 Å². The number of pyridine rings is 1. The molecular weight excluding hydrogens is 324 g/mol. The van der Waals surface area contributed by atoms with E-state index in [-0.39, 0.29) is 11.4 Å². The standard InChI is InChI=1S/C21H26N4O/c1-7-14-8-9-18-16(10-14)17(20(26)24(5)6)11-19(23-18)15-12-22-25(13-15)21(2,3)4/h8-13H,7H2,1-6H3. The van der Waals surface area contributed by atoms with Crippen molar-refractivity contribution in [1.29, 1.82) is 0 Å². The van der Waals surface area contributed by atoms with Gasteiger partial charge in [-0.25, -0.2) is 4.98 Å². The zero-order chi connectivity index (χ0) is 19.1. The number of carbonyl (C=O) groups excluding carboxylic acids is 1. The third-order valence-electron chi connectivity index (χ3n) is 4.48. The third-order valence-corrected chi connectivity index (χ3v) is 4.48. The van der Waals surface area contributed by atoms with Gasteiger partial charge in [-0.15, -0.1) is 0 Å². The average molecular weight is 350 g/mol. The summed E-state index contributed by atoms with van der Waals surface area (Å²) in [7, 11) is 3.55. The molecule has 0 bridgehead atoms. The van der Waals surface area contributed by atoms with Crippen molar-refractivity contribution in [3.63, 3.8) is 0 Å². The number of rotatable bonds is 3. The second-order valence-corrected chi connectivity index (χ2v) is 7.80. The van der Waals surface area contributed by atoms with Crippen LogP contribution in [0.25, 0.3) is 22.2 Å². The maximum atomic E-state index is 12.8. The Bertz CT molecular complexity index is 964. The monoisotopic (exact) mass is 350 g/mol. The maximum absolute atomic E-state index is 12.8. The van der Waals surface area contributed by atoms with Crippen molar-refractivity contribution in [2.75, 3.05) is 14.1 Å². The van der Waals surface area contributed by atoms with Crippen LogP contribution in [-0.4, -0.2) is 39.7 Å². The van der Waals surface area contributed by atoms with Crippen LogP contribution in [0.2, 0.25) is 0 Å². The molecule has 0 aliphatic carbocycles. The fourth-order valence-electron chi connectivity index (χ4n) is 2.88. The van der Waals surface area contributed by atoms with Crippen molar-refractivity contribution < 1.29 is 4.79 Å². The number of benzene rings is 1. The van der Waals surface area contributed by atoms with E-state index in [2.05, 4.69) is 44.9 Å². The summed E-state index contributed by atoms with van der Waals surface area (Å²) in [4.78, 5) is 19.2. The van der Waals surface area contributed by atoms with Crippen LogP contribution < -0.4 is 0 Å². The number of hydrogen-bond donors (Lipinski definition) is 0. The molecule has 3 rings (SSSR count). The first-order chi connectivity index (χ1) is 12.2. The zero-order valence-corrected chi connectivity index (χ0v) is 16.4. The van der Waals surface area contributed by atoms with Crippen LogP contribution in [0.5, 0.6) is 0 Å². The first-order valence-electron chi connectivity index (χ1n) is 8.91. The lowest BCUT2D eigenvalue weighted by atomic mass is 10.0. The van der Waals surface area contributed by atoms with Gasteiger partial charge in [0.25, 0.3) is 5.91 Å². The first kappa shape index (κ1) is 18.1. The topological polar surface area (TPSA) is 51.0 Å². The smallest absolute Gasteiger partial charge is 0.254 e. The van der Waals surface area contributed by atoms with Gasteiger partial charge in [-0.1, -0.05) is 13.0 Å². The average Bonchev–Trinajstić information content (AvgIpc) is 3.10. The minimum absolute atomic E-state index is 0.0184.